The first-order chi connectivity index (χ1) is 7.70. The predicted octanol–water partition coefficient (Wildman–Crippen LogP) is 3.12. The monoisotopic (exact) mass is 208 g/mol. The molecule has 2 nitrogen and oxygen atoms in total. The zero-order valence-corrected chi connectivity index (χ0v) is 9.07. The third kappa shape index (κ3) is 1.89. The number of benzene rings is 2. The van der Waals surface area contributed by atoms with Crippen molar-refractivity contribution in [3.63, 3.8) is 0 Å². The van der Waals surface area contributed by atoms with E-state index in [1.54, 1.807) is 6.07 Å². The van der Waals surface area contributed by atoms with E-state index in [0.717, 1.165) is 11.1 Å². The molecule has 2 N–H and O–H groups in total. The summed E-state index contributed by atoms with van der Waals surface area (Å²) in [5, 5.41) is 8.90. The Bertz CT molecular complexity index is 548. The zero-order valence-electron chi connectivity index (χ0n) is 9.07. The first kappa shape index (κ1) is 10.3. The summed E-state index contributed by atoms with van der Waals surface area (Å²) in [7, 11) is 0. The van der Waals surface area contributed by atoms with Gasteiger partial charge in [0.15, 0.2) is 0 Å². The van der Waals surface area contributed by atoms with E-state index in [4.69, 9.17) is 11.0 Å². The molecule has 0 aliphatic carbocycles. The second kappa shape index (κ2) is 4.08. The molecule has 0 amide bonds. The topological polar surface area (TPSA) is 49.8 Å². The Labute approximate surface area is 95.0 Å². The van der Waals surface area contributed by atoms with E-state index in [0.29, 0.717) is 11.3 Å². The molecular formula is C14H12N2. The highest BCUT2D eigenvalue weighted by atomic mass is 14.6. The number of anilines is 1. The Morgan fingerprint density at radius 3 is 2.25 bits per heavy atom. The minimum Gasteiger partial charge on any atom is -0.398 e. The van der Waals surface area contributed by atoms with Crippen LogP contribution in [0.1, 0.15) is 11.1 Å². The van der Waals surface area contributed by atoms with Crippen LogP contribution < -0.4 is 5.73 Å². The quantitative estimate of drug-likeness (QED) is 0.732. The normalized spacial score (nSPS) is 9.75. The maximum atomic E-state index is 8.90. The van der Waals surface area contributed by atoms with E-state index in [1.165, 1.54) is 5.56 Å². The minimum atomic E-state index is 0.526. The lowest BCUT2D eigenvalue weighted by molar-refractivity contribution is 1.46. The highest BCUT2D eigenvalue weighted by molar-refractivity contribution is 5.70. The number of nitriles is 1. The van der Waals surface area contributed by atoms with Gasteiger partial charge in [0.1, 0.15) is 6.07 Å². The molecule has 0 aliphatic rings. The van der Waals surface area contributed by atoms with Crippen molar-refractivity contribution in [1.82, 2.24) is 0 Å². The van der Waals surface area contributed by atoms with Gasteiger partial charge in [0, 0.05) is 5.69 Å². The molecule has 2 rings (SSSR count). The van der Waals surface area contributed by atoms with Crippen LogP contribution >= 0.6 is 0 Å². The van der Waals surface area contributed by atoms with E-state index in [2.05, 4.69) is 18.2 Å². The van der Waals surface area contributed by atoms with Crippen molar-refractivity contribution >= 4 is 5.69 Å². The third-order valence-corrected chi connectivity index (χ3v) is 2.56. The van der Waals surface area contributed by atoms with Crippen LogP contribution in [0.25, 0.3) is 11.1 Å². The molecule has 0 unspecified atom stereocenters. The summed E-state index contributed by atoms with van der Waals surface area (Å²) >= 11 is 0. The molecule has 0 bridgehead atoms. The lowest BCUT2D eigenvalue weighted by Gasteiger charge is -2.04. The Morgan fingerprint density at radius 2 is 1.62 bits per heavy atom. The van der Waals surface area contributed by atoms with Gasteiger partial charge in [-0.3, -0.25) is 0 Å². The fourth-order valence-electron chi connectivity index (χ4n) is 1.58. The number of nitrogen functional groups attached to an aromatic ring is 1. The van der Waals surface area contributed by atoms with Crippen LogP contribution in [0.2, 0.25) is 0 Å². The highest BCUT2D eigenvalue weighted by Crippen LogP contribution is 2.23. The van der Waals surface area contributed by atoms with E-state index >= 15 is 0 Å². The molecule has 0 spiro atoms. The molecule has 0 saturated heterocycles. The number of rotatable bonds is 1. The van der Waals surface area contributed by atoms with Gasteiger partial charge in [-0.05, 0) is 30.2 Å². The molecule has 0 aliphatic heterocycles. The van der Waals surface area contributed by atoms with Gasteiger partial charge in [-0.15, -0.1) is 0 Å². The van der Waals surface area contributed by atoms with E-state index in [9.17, 15) is 0 Å². The SMILES string of the molecule is Cc1ccc(-c2ccc(N)c(C#N)c2)cc1. The molecule has 0 atom stereocenters. The molecule has 0 fully saturated rings. The molecule has 0 heterocycles. The fourth-order valence-corrected chi connectivity index (χ4v) is 1.58. The summed E-state index contributed by atoms with van der Waals surface area (Å²) in [5.74, 6) is 0. The van der Waals surface area contributed by atoms with Gasteiger partial charge in [0.2, 0.25) is 0 Å². The third-order valence-electron chi connectivity index (χ3n) is 2.56. The largest absolute Gasteiger partial charge is 0.398 e. The maximum Gasteiger partial charge on any atom is 0.101 e. The van der Waals surface area contributed by atoms with Gasteiger partial charge in [-0.1, -0.05) is 35.9 Å². The van der Waals surface area contributed by atoms with Crippen LogP contribution in [-0.4, -0.2) is 0 Å². The van der Waals surface area contributed by atoms with Crippen LogP contribution in [0.5, 0.6) is 0 Å². The molecule has 0 saturated carbocycles. The second-order valence-corrected chi connectivity index (χ2v) is 3.78. The Kier molecular flexibility index (Phi) is 2.61. The van der Waals surface area contributed by atoms with Gasteiger partial charge in [-0.2, -0.15) is 5.26 Å². The summed E-state index contributed by atoms with van der Waals surface area (Å²) in [5.41, 5.74) is 10.1. The predicted molar refractivity (Wildman–Crippen MR) is 65.7 cm³/mol. The number of hydrogen-bond acceptors (Lipinski definition) is 2. The second-order valence-electron chi connectivity index (χ2n) is 3.78. The van der Waals surface area contributed by atoms with Crippen LogP contribution in [0.4, 0.5) is 5.69 Å². The summed E-state index contributed by atoms with van der Waals surface area (Å²) in [4.78, 5) is 0. The summed E-state index contributed by atoms with van der Waals surface area (Å²) in [6.45, 7) is 2.05. The van der Waals surface area contributed by atoms with Crippen LogP contribution in [-0.2, 0) is 0 Å². The lowest BCUT2D eigenvalue weighted by atomic mass is 10.0. The molecule has 2 aromatic carbocycles. The standard InChI is InChI=1S/C14H12N2/c1-10-2-4-11(5-3-10)12-6-7-14(16)13(8-12)9-15/h2-8H,16H2,1H3. The van der Waals surface area contributed by atoms with Gasteiger partial charge in [-0.25, -0.2) is 0 Å². The van der Waals surface area contributed by atoms with E-state index < -0.39 is 0 Å². The van der Waals surface area contributed by atoms with Gasteiger partial charge < -0.3 is 5.73 Å². The molecule has 0 radical (unpaired) electrons. The Morgan fingerprint density at radius 1 is 1.00 bits per heavy atom. The van der Waals surface area contributed by atoms with Gasteiger partial charge in [0.05, 0.1) is 5.56 Å². The first-order valence-corrected chi connectivity index (χ1v) is 5.07. The first-order valence-electron chi connectivity index (χ1n) is 5.07. The fraction of sp³-hybridized carbons (Fsp3) is 0.0714. The average Bonchev–Trinajstić information content (AvgIpc) is 2.31. The Balaban J connectivity index is 2.49. The smallest absolute Gasteiger partial charge is 0.101 e. The number of nitrogens with zero attached hydrogens (tertiary/aromatic N) is 1. The molecule has 78 valence electrons. The van der Waals surface area contributed by atoms with Crippen LogP contribution in [0.15, 0.2) is 42.5 Å². The summed E-state index contributed by atoms with van der Waals surface area (Å²) < 4.78 is 0. The van der Waals surface area contributed by atoms with Crippen molar-refractivity contribution in [2.75, 3.05) is 5.73 Å². The van der Waals surface area contributed by atoms with Crippen molar-refractivity contribution in [2.24, 2.45) is 0 Å². The lowest BCUT2D eigenvalue weighted by Crippen LogP contribution is -1.90. The van der Waals surface area contributed by atoms with Crippen molar-refractivity contribution < 1.29 is 0 Å². The van der Waals surface area contributed by atoms with Gasteiger partial charge in [0.25, 0.3) is 0 Å². The minimum absolute atomic E-state index is 0.526. The van der Waals surface area contributed by atoms with Crippen LogP contribution in [0, 0.1) is 18.3 Å². The Hall–Kier alpha value is -2.27. The highest BCUT2D eigenvalue weighted by Gasteiger charge is 2.02. The van der Waals surface area contributed by atoms with Crippen LogP contribution in [0.3, 0.4) is 0 Å². The van der Waals surface area contributed by atoms with Crippen molar-refractivity contribution in [3.05, 3.63) is 53.6 Å². The molecule has 2 heteroatoms. The summed E-state index contributed by atoms with van der Waals surface area (Å²) in [6.07, 6.45) is 0. The van der Waals surface area contributed by atoms with Crippen molar-refractivity contribution in [1.29, 1.82) is 5.26 Å². The molecule has 16 heavy (non-hydrogen) atoms. The van der Waals surface area contributed by atoms with Crippen molar-refractivity contribution in [2.45, 2.75) is 6.92 Å². The average molecular weight is 208 g/mol. The zero-order chi connectivity index (χ0) is 11.5. The maximum absolute atomic E-state index is 8.90. The van der Waals surface area contributed by atoms with Crippen molar-refractivity contribution in [3.8, 4) is 17.2 Å². The number of nitrogens with two attached hydrogens (primary N) is 1. The van der Waals surface area contributed by atoms with Gasteiger partial charge >= 0.3 is 0 Å². The number of hydrogen-bond donors (Lipinski definition) is 1. The summed E-state index contributed by atoms with van der Waals surface area (Å²) in [6, 6.07) is 15.8. The van der Waals surface area contributed by atoms with E-state index in [1.807, 2.05) is 31.2 Å². The number of aryl methyl sites for hydroxylation is 1. The molecule has 0 aromatic heterocycles. The molecular weight excluding hydrogens is 196 g/mol. The molecule has 2 aromatic rings. The van der Waals surface area contributed by atoms with E-state index in [-0.39, 0.29) is 0 Å².